The van der Waals surface area contributed by atoms with Crippen LogP contribution < -0.4 is 4.74 Å². The van der Waals surface area contributed by atoms with Crippen molar-refractivity contribution in [1.82, 2.24) is 4.90 Å². The molecule has 6 heteroatoms. The van der Waals surface area contributed by atoms with Crippen LogP contribution in [0.2, 0.25) is 0 Å². The molecule has 2 fully saturated rings. The van der Waals surface area contributed by atoms with Gasteiger partial charge in [0.05, 0.1) is 6.10 Å². The van der Waals surface area contributed by atoms with E-state index >= 15 is 0 Å². The van der Waals surface area contributed by atoms with Crippen LogP contribution in [0.3, 0.4) is 0 Å². The Bertz CT molecular complexity index is 931. The SMILES string of the molecule is CC(=O)[C@@H]1C/C(=C\Sc2ccccc2)CCN2C(=O)[C@H](Oc3ccccc3)[C@@H]2[C@@H]1O. The number of thioether (sulfide) groups is 1. The maximum absolute atomic E-state index is 12.8. The molecular weight excluding hydrogens is 398 g/mol. The highest BCUT2D eigenvalue weighted by Crippen LogP contribution is 2.37. The van der Waals surface area contributed by atoms with Gasteiger partial charge in [0.15, 0.2) is 6.10 Å². The number of ketones is 1. The summed E-state index contributed by atoms with van der Waals surface area (Å²) in [5, 5.41) is 13.1. The molecule has 2 saturated heterocycles. The summed E-state index contributed by atoms with van der Waals surface area (Å²) < 4.78 is 5.88. The zero-order valence-corrected chi connectivity index (χ0v) is 17.6. The molecule has 0 saturated carbocycles. The summed E-state index contributed by atoms with van der Waals surface area (Å²) in [5.74, 6) is -0.181. The quantitative estimate of drug-likeness (QED) is 0.587. The molecule has 2 aliphatic rings. The Morgan fingerprint density at radius 1 is 1.13 bits per heavy atom. The molecular formula is C24H25NO4S. The van der Waals surface area contributed by atoms with E-state index in [2.05, 4.69) is 5.41 Å². The van der Waals surface area contributed by atoms with Gasteiger partial charge in [-0.15, -0.1) is 0 Å². The number of hydrogen-bond acceptors (Lipinski definition) is 5. The first-order valence-corrected chi connectivity index (χ1v) is 11.0. The summed E-state index contributed by atoms with van der Waals surface area (Å²) in [6.45, 7) is 2.02. The average molecular weight is 424 g/mol. The molecule has 0 spiro atoms. The maximum Gasteiger partial charge on any atom is 0.266 e. The van der Waals surface area contributed by atoms with Gasteiger partial charge in [-0.1, -0.05) is 53.7 Å². The third-order valence-corrected chi connectivity index (χ3v) is 6.74. The minimum Gasteiger partial charge on any atom is -0.478 e. The van der Waals surface area contributed by atoms with Crippen molar-refractivity contribution in [3.63, 3.8) is 0 Å². The van der Waals surface area contributed by atoms with Crippen molar-refractivity contribution in [3.05, 3.63) is 71.6 Å². The van der Waals surface area contributed by atoms with E-state index in [1.165, 1.54) is 6.92 Å². The molecule has 2 heterocycles. The number of para-hydroxylation sites is 1. The average Bonchev–Trinajstić information content (AvgIpc) is 2.75. The molecule has 1 N–H and O–H groups in total. The summed E-state index contributed by atoms with van der Waals surface area (Å²) in [4.78, 5) is 27.9. The Kier molecular flexibility index (Phi) is 6.25. The lowest BCUT2D eigenvalue weighted by Crippen LogP contribution is -2.72. The predicted molar refractivity (Wildman–Crippen MR) is 116 cm³/mol. The number of hydrogen-bond donors (Lipinski definition) is 1. The molecule has 0 aromatic heterocycles. The van der Waals surface area contributed by atoms with Crippen molar-refractivity contribution in [2.75, 3.05) is 6.54 Å². The summed E-state index contributed by atoms with van der Waals surface area (Å²) in [6.07, 6.45) is -0.545. The molecule has 156 valence electrons. The summed E-state index contributed by atoms with van der Waals surface area (Å²) >= 11 is 1.60. The number of Topliss-reactive ketones (excluding diaryl/α,β-unsaturated/α-hetero) is 1. The fourth-order valence-electron chi connectivity index (χ4n) is 4.08. The summed E-state index contributed by atoms with van der Waals surface area (Å²) in [5.41, 5.74) is 1.07. The molecule has 0 radical (unpaired) electrons. The van der Waals surface area contributed by atoms with E-state index in [1.54, 1.807) is 28.8 Å². The van der Waals surface area contributed by atoms with Crippen LogP contribution in [-0.2, 0) is 9.59 Å². The molecule has 4 atom stereocenters. The van der Waals surface area contributed by atoms with Gasteiger partial charge in [-0.25, -0.2) is 0 Å². The zero-order chi connectivity index (χ0) is 21.1. The van der Waals surface area contributed by atoms with Crippen LogP contribution in [0.25, 0.3) is 0 Å². The topological polar surface area (TPSA) is 66.8 Å². The number of aliphatic hydroxyl groups excluding tert-OH is 1. The normalized spacial score (nSPS) is 27.6. The smallest absolute Gasteiger partial charge is 0.266 e. The van der Waals surface area contributed by atoms with E-state index in [4.69, 9.17) is 4.74 Å². The number of amides is 1. The van der Waals surface area contributed by atoms with Crippen LogP contribution in [0.15, 0.2) is 76.5 Å². The highest BCUT2D eigenvalue weighted by Gasteiger charge is 2.55. The molecule has 2 aliphatic heterocycles. The monoisotopic (exact) mass is 423 g/mol. The highest BCUT2D eigenvalue weighted by molar-refractivity contribution is 8.02. The standard InChI is InChI=1S/C24H25NO4S/c1-16(26)20-14-17(15-30-19-10-6-3-7-11-19)12-13-25-21(22(20)27)23(24(25)28)29-18-8-4-2-5-9-18/h2-11,15,20-23,27H,12-14H2,1H3/b17-15-/t20-,21-,22+,23+/m0/s1. The van der Waals surface area contributed by atoms with Gasteiger partial charge in [0.25, 0.3) is 5.91 Å². The van der Waals surface area contributed by atoms with E-state index in [-0.39, 0.29) is 11.7 Å². The maximum atomic E-state index is 12.8. The zero-order valence-electron chi connectivity index (χ0n) is 16.8. The minimum absolute atomic E-state index is 0.0715. The lowest BCUT2D eigenvalue weighted by atomic mass is 9.78. The number of carbonyl (C=O) groups is 2. The van der Waals surface area contributed by atoms with Gasteiger partial charge in [0.1, 0.15) is 17.6 Å². The van der Waals surface area contributed by atoms with Gasteiger partial charge in [0, 0.05) is 17.4 Å². The predicted octanol–water partition coefficient (Wildman–Crippen LogP) is 3.68. The third kappa shape index (κ3) is 4.30. The van der Waals surface area contributed by atoms with Crippen LogP contribution in [0.1, 0.15) is 19.8 Å². The Balaban J connectivity index is 1.52. The van der Waals surface area contributed by atoms with E-state index in [9.17, 15) is 14.7 Å². The van der Waals surface area contributed by atoms with E-state index in [0.717, 1.165) is 10.5 Å². The molecule has 0 unspecified atom stereocenters. The van der Waals surface area contributed by atoms with Gasteiger partial charge < -0.3 is 14.7 Å². The van der Waals surface area contributed by atoms with Crippen LogP contribution in [0.5, 0.6) is 5.75 Å². The first-order chi connectivity index (χ1) is 14.5. The molecule has 2 aromatic rings. The van der Waals surface area contributed by atoms with Crippen LogP contribution >= 0.6 is 11.8 Å². The first kappa shape index (κ1) is 20.7. The molecule has 30 heavy (non-hydrogen) atoms. The Morgan fingerprint density at radius 3 is 2.47 bits per heavy atom. The number of benzene rings is 2. The van der Waals surface area contributed by atoms with Crippen molar-refractivity contribution in [2.45, 2.75) is 42.9 Å². The molecule has 0 bridgehead atoms. The van der Waals surface area contributed by atoms with Crippen LogP contribution in [0, 0.1) is 5.92 Å². The van der Waals surface area contributed by atoms with E-state index in [0.29, 0.717) is 25.1 Å². The number of nitrogens with zero attached hydrogens (tertiary/aromatic N) is 1. The molecule has 4 rings (SSSR count). The lowest BCUT2D eigenvalue weighted by molar-refractivity contribution is -0.177. The Hall–Kier alpha value is -2.57. The number of carbonyl (C=O) groups excluding carboxylic acids is 2. The Morgan fingerprint density at radius 2 is 1.80 bits per heavy atom. The third-order valence-electron chi connectivity index (χ3n) is 5.75. The van der Waals surface area contributed by atoms with Crippen molar-refractivity contribution < 1.29 is 19.4 Å². The minimum atomic E-state index is -0.959. The second-order valence-corrected chi connectivity index (χ2v) is 8.69. The van der Waals surface area contributed by atoms with E-state index in [1.807, 2.05) is 48.5 Å². The van der Waals surface area contributed by atoms with Gasteiger partial charge in [-0.3, -0.25) is 9.59 Å². The van der Waals surface area contributed by atoms with Gasteiger partial charge >= 0.3 is 0 Å². The number of ether oxygens (including phenoxy) is 1. The molecule has 2 aromatic carbocycles. The molecule has 5 nitrogen and oxygen atoms in total. The fraction of sp³-hybridized carbons (Fsp3) is 0.333. The second-order valence-electron chi connectivity index (χ2n) is 7.74. The highest BCUT2D eigenvalue weighted by atomic mass is 32.2. The number of fused-ring (bicyclic) bond motifs is 1. The van der Waals surface area contributed by atoms with Crippen LogP contribution in [-0.4, -0.2) is 46.5 Å². The summed E-state index contributed by atoms with van der Waals surface area (Å²) in [7, 11) is 0. The van der Waals surface area contributed by atoms with Crippen molar-refractivity contribution in [2.24, 2.45) is 5.92 Å². The fourth-order valence-corrected chi connectivity index (χ4v) is 4.91. The lowest BCUT2D eigenvalue weighted by Gasteiger charge is -2.51. The number of β-lactam (4-membered cyclic amide) rings is 1. The second kappa shape index (κ2) is 9.06. The van der Waals surface area contributed by atoms with Gasteiger partial charge in [-0.2, -0.15) is 0 Å². The molecule has 1 amide bonds. The Labute approximate surface area is 180 Å². The summed E-state index contributed by atoms with van der Waals surface area (Å²) in [6, 6.07) is 18.6. The van der Waals surface area contributed by atoms with E-state index < -0.39 is 24.2 Å². The van der Waals surface area contributed by atoms with Gasteiger partial charge in [-0.05, 0) is 49.4 Å². The van der Waals surface area contributed by atoms with Crippen LogP contribution in [0.4, 0.5) is 0 Å². The number of aliphatic hydroxyl groups is 1. The largest absolute Gasteiger partial charge is 0.478 e. The van der Waals surface area contributed by atoms with Crippen molar-refractivity contribution in [3.8, 4) is 5.75 Å². The number of rotatable bonds is 5. The van der Waals surface area contributed by atoms with Crippen molar-refractivity contribution >= 4 is 23.5 Å². The van der Waals surface area contributed by atoms with Crippen molar-refractivity contribution in [1.29, 1.82) is 0 Å². The van der Waals surface area contributed by atoms with Gasteiger partial charge in [0.2, 0.25) is 0 Å². The molecule has 0 aliphatic carbocycles. The first-order valence-electron chi connectivity index (χ1n) is 10.1.